The standard InChI is InChI=1S/C23H27N5O2/c29-22(17-5-11-24-12-6-17)27-15-7-18(8-16-27)26-13-9-19(10-14-26)28-21-4-2-1-3-20(21)25-23(28)30/h1-6,11-12,18-19H,7-10,13-16H2,(H,25,30). The molecule has 0 atom stereocenters. The van der Waals surface area contributed by atoms with Crippen LogP contribution in [0.4, 0.5) is 0 Å². The number of nitrogens with zero attached hydrogens (tertiary/aromatic N) is 4. The number of amides is 1. The minimum Gasteiger partial charge on any atom is -0.339 e. The number of aromatic nitrogens is 3. The predicted octanol–water partition coefficient (Wildman–Crippen LogP) is 2.67. The molecule has 0 spiro atoms. The van der Waals surface area contributed by atoms with Crippen LogP contribution in [0.2, 0.25) is 0 Å². The molecule has 1 aromatic carbocycles. The summed E-state index contributed by atoms with van der Waals surface area (Å²) in [6, 6.07) is 12.3. The van der Waals surface area contributed by atoms with E-state index in [1.165, 1.54) is 0 Å². The van der Waals surface area contributed by atoms with Crippen LogP contribution in [-0.2, 0) is 0 Å². The second kappa shape index (κ2) is 8.07. The Labute approximate surface area is 175 Å². The molecule has 1 amide bonds. The van der Waals surface area contributed by atoms with Crippen molar-refractivity contribution in [1.82, 2.24) is 24.3 Å². The van der Waals surface area contributed by atoms with Gasteiger partial charge in [0.05, 0.1) is 11.0 Å². The number of hydrogen-bond acceptors (Lipinski definition) is 4. The fraction of sp³-hybridized carbons (Fsp3) is 0.435. The van der Waals surface area contributed by atoms with E-state index in [-0.39, 0.29) is 17.6 Å². The molecule has 3 aromatic rings. The van der Waals surface area contributed by atoms with Crippen molar-refractivity contribution < 1.29 is 4.79 Å². The van der Waals surface area contributed by atoms with Crippen LogP contribution in [0.25, 0.3) is 11.0 Å². The average Bonchev–Trinajstić information content (AvgIpc) is 3.15. The third-order valence-electron chi connectivity index (χ3n) is 6.68. The molecule has 0 saturated carbocycles. The SMILES string of the molecule is O=C(c1ccncc1)N1CCC(N2CCC(n3c(=O)[nH]c4ccccc43)CC2)CC1. The van der Waals surface area contributed by atoms with Gasteiger partial charge in [0.25, 0.3) is 5.91 Å². The molecule has 2 aliphatic heterocycles. The smallest absolute Gasteiger partial charge is 0.326 e. The second-order valence-electron chi connectivity index (χ2n) is 8.34. The maximum atomic E-state index is 12.6. The molecule has 156 valence electrons. The molecule has 0 aliphatic carbocycles. The first-order chi connectivity index (χ1) is 14.7. The van der Waals surface area contributed by atoms with Crippen molar-refractivity contribution in [1.29, 1.82) is 0 Å². The lowest BCUT2D eigenvalue weighted by atomic mass is 9.97. The highest BCUT2D eigenvalue weighted by atomic mass is 16.2. The summed E-state index contributed by atoms with van der Waals surface area (Å²) < 4.78 is 1.95. The van der Waals surface area contributed by atoms with E-state index in [4.69, 9.17) is 0 Å². The summed E-state index contributed by atoms with van der Waals surface area (Å²) in [6.07, 6.45) is 7.32. The predicted molar refractivity (Wildman–Crippen MR) is 116 cm³/mol. The normalized spacial score (nSPS) is 19.4. The van der Waals surface area contributed by atoms with Crippen LogP contribution in [-0.4, -0.2) is 62.5 Å². The van der Waals surface area contributed by atoms with Gasteiger partial charge in [0.2, 0.25) is 0 Å². The van der Waals surface area contributed by atoms with Crippen molar-refractivity contribution in [2.45, 2.75) is 37.8 Å². The molecule has 0 unspecified atom stereocenters. The minimum atomic E-state index is -0.00224. The van der Waals surface area contributed by atoms with Gasteiger partial charge in [0, 0.05) is 56.2 Å². The highest BCUT2D eigenvalue weighted by Gasteiger charge is 2.31. The molecule has 30 heavy (non-hydrogen) atoms. The van der Waals surface area contributed by atoms with Crippen molar-refractivity contribution in [2.24, 2.45) is 0 Å². The number of aromatic amines is 1. The summed E-state index contributed by atoms with van der Waals surface area (Å²) in [5.74, 6) is 0.105. The zero-order valence-corrected chi connectivity index (χ0v) is 17.0. The molecule has 2 aromatic heterocycles. The Morgan fingerprint density at radius 2 is 1.57 bits per heavy atom. The van der Waals surface area contributed by atoms with Crippen LogP contribution in [0.3, 0.4) is 0 Å². The average molecular weight is 406 g/mol. The van der Waals surface area contributed by atoms with Gasteiger partial charge in [0.1, 0.15) is 0 Å². The molecule has 7 nitrogen and oxygen atoms in total. The molecule has 7 heteroatoms. The molecule has 0 bridgehead atoms. The number of carbonyl (C=O) groups excluding carboxylic acids is 1. The van der Waals surface area contributed by atoms with Gasteiger partial charge in [-0.1, -0.05) is 12.1 Å². The number of imidazole rings is 1. The second-order valence-corrected chi connectivity index (χ2v) is 8.34. The Balaban J connectivity index is 1.18. The van der Waals surface area contributed by atoms with Crippen molar-refractivity contribution in [3.8, 4) is 0 Å². The number of benzene rings is 1. The zero-order valence-electron chi connectivity index (χ0n) is 17.0. The Hall–Kier alpha value is -2.93. The number of fused-ring (bicyclic) bond motifs is 1. The third-order valence-corrected chi connectivity index (χ3v) is 6.68. The summed E-state index contributed by atoms with van der Waals surface area (Å²) in [7, 11) is 0. The summed E-state index contributed by atoms with van der Waals surface area (Å²) in [5, 5.41) is 0. The van der Waals surface area contributed by atoms with Crippen LogP contribution in [0.5, 0.6) is 0 Å². The van der Waals surface area contributed by atoms with Gasteiger partial charge in [-0.25, -0.2) is 4.79 Å². The largest absolute Gasteiger partial charge is 0.339 e. The van der Waals surface area contributed by atoms with Gasteiger partial charge in [-0.2, -0.15) is 0 Å². The van der Waals surface area contributed by atoms with Crippen molar-refractivity contribution in [2.75, 3.05) is 26.2 Å². The maximum Gasteiger partial charge on any atom is 0.326 e. The van der Waals surface area contributed by atoms with Gasteiger partial charge >= 0.3 is 5.69 Å². The zero-order chi connectivity index (χ0) is 20.5. The summed E-state index contributed by atoms with van der Waals surface area (Å²) in [6.45, 7) is 3.60. The van der Waals surface area contributed by atoms with E-state index in [1.54, 1.807) is 24.5 Å². The van der Waals surface area contributed by atoms with E-state index < -0.39 is 0 Å². The number of likely N-dealkylation sites (tertiary alicyclic amines) is 2. The first-order valence-corrected chi connectivity index (χ1v) is 10.8. The van der Waals surface area contributed by atoms with Gasteiger partial charge in [-0.3, -0.25) is 14.3 Å². The molecule has 2 saturated heterocycles. The number of pyridine rings is 1. The molecular formula is C23H27N5O2. The first-order valence-electron chi connectivity index (χ1n) is 10.8. The van der Waals surface area contributed by atoms with Gasteiger partial charge < -0.3 is 14.8 Å². The van der Waals surface area contributed by atoms with Gasteiger partial charge in [-0.15, -0.1) is 0 Å². The Morgan fingerprint density at radius 1 is 0.900 bits per heavy atom. The van der Waals surface area contributed by atoms with Crippen LogP contribution in [0.1, 0.15) is 42.1 Å². The Morgan fingerprint density at radius 3 is 2.30 bits per heavy atom. The van der Waals surface area contributed by atoms with Crippen LogP contribution < -0.4 is 5.69 Å². The summed E-state index contributed by atoms with van der Waals surface area (Å²) in [4.78, 5) is 36.6. The lowest BCUT2D eigenvalue weighted by Gasteiger charge is -2.42. The molecule has 5 rings (SSSR count). The van der Waals surface area contributed by atoms with E-state index in [0.29, 0.717) is 11.6 Å². The van der Waals surface area contributed by atoms with Gasteiger partial charge in [0.15, 0.2) is 0 Å². The number of hydrogen-bond donors (Lipinski definition) is 1. The highest BCUT2D eigenvalue weighted by molar-refractivity contribution is 5.94. The number of para-hydroxylation sites is 2. The topological polar surface area (TPSA) is 74.2 Å². The summed E-state index contributed by atoms with van der Waals surface area (Å²) in [5.41, 5.74) is 2.63. The number of carbonyl (C=O) groups is 1. The molecule has 1 N–H and O–H groups in total. The lowest BCUT2D eigenvalue weighted by Crippen LogP contribution is -2.49. The fourth-order valence-electron chi connectivity index (χ4n) is 5.06. The maximum absolute atomic E-state index is 12.6. The highest BCUT2D eigenvalue weighted by Crippen LogP contribution is 2.28. The van der Waals surface area contributed by atoms with E-state index in [9.17, 15) is 9.59 Å². The molecule has 2 fully saturated rings. The van der Waals surface area contributed by atoms with E-state index >= 15 is 0 Å². The number of H-pyrrole nitrogens is 1. The minimum absolute atomic E-state index is 0.00224. The third kappa shape index (κ3) is 3.54. The van der Waals surface area contributed by atoms with Crippen molar-refractivity contribution in [3.63, 3.8) is 0 Å². The number of rotatable bonds is 3. The molecule has 0 radical (unpaired) electrons. The number of nitrogens with one attached hydrogen (secondary N) is 1. The van der Waals surface area contributed by atoms with E-state index in [1.807, 2.05) is 33.7 Å². The van der Waals surface area contributed by atoms with E-state index in [0.717, 1.165) is 62.9 Å². The van der Waals surface area contributed by atoms with E-state index in [2.05, 4.69) is 14.9 Å². The van der Waals surface area contributed by atoms with Gasteiger partial charge in [-0.05, 0) is 49.9 Å². The molecular weight excluding hydrogens is 378 g/mol. The van der Waals surface area contributed by atoms with Crippen LogP contribution in [0.15, 0.2) is 53.6 Å². The Bertz CT molecular complexity index is 1070. The quantitative estimate of drug-likeness (QED) is 0.727. The Kier molecular flexibility index (Phi) is 5.12. The van der Waals surface area contributed by atoms with Crippen LogP contribution in [0, 0.1) is 0 Å². The van der Waals surface area contributed by atoms with Crippen LogP contribution >= 0.6 is 0 Å². The first kappa shape index (κ1) is 19.1. The van der Waals surface area contributed by atoms with Crippen molar-refractivity contribution in [3.05, 3.63) is 64.8 Å². The summed E-state index contributed by atoms with van der Waals surface area (Å²) >= 11 is 0. The lowest BCUT2D eigenvalue weighted by molar-refractivity contribution is 0.0557. The molecule has 4 heterocycles. The molecule has 2 aliphatic rings. The monoisotopic (exact) mass is 405 g/mol. The number of piperidine rings is 2. The fourth-order valence-corrected chi connectivity index (χ4v) is 5.06. The van der Waals surface area contributed by atoms with Crippen molar-refractivity contribution >= 4 is 16.9 Å².